The smallest absolute Gasteiger partial charge is 0.148 e. The Morgan fingerprint density at radius 1 is 1.44 bits per heavy atom. The molecule has 0 bridgehead atoms. The summed E-state index contributed by atoms with van der Waals surface area (Å²) in [6.07, 6.45) is 3.42. The van der Waals surface area contributed by atoms with Gasteiger partial charge in [-0.05, 0) is 6.42 Å². The van der Waals surface area contributed by atoms with Gasteiger partial charge >= 0.3 is 0 Å². The van der Waals surface area contributed by atoms with E-state index in [0.29, 0.717) is 17.3 Å². The second-order valence-corrected chi connectivity index (χ2v) is 5.95. The van der Waals surface area contributed by atoms with Gasteiger partial charge in [0.2, 0.25) is 0 Å². The predicted molar refractivity (Wildman–Crippen MR) is 73.9 cm³/mol. The molecule has 1 saturated heterocycles. The van der Waals surface area contributed by atoms with Crippen molar-refractivity contribution in [2.75, 3.05) is 34.9 Å². The van der Waals surface area contributed by atoms with Gasteiger partial charge < -0.3 is 10.3 Å². The monoisotopic (exact) mass is 269 g/mol. The number of rotatable bonds is 4. The average Bonchev–Trinajstić information content (AvgIpc) is 2.40. The minimum Gasteiger partial charge on any atom is -0.354 e. The molecule has 0 aliphatic carbocycles. The number of nitrogens with zero attached hydrogens (tertiary/aromatic N) is 3. The Balaban J connectivity index is 2.28. The SMILES string of the molecule is CCCc1c(NN)ncnc1N1CCS(=O)CC1. The van der Waals surface area contributed by atoms with Crippen LogP contribution in [0.4, 0.5) is 11.6 Å². The molecular formula is C11H19N5OS. The molecule has 7 heteroatoms. The first kappa shape index (κ1) is 13.2. The number of hydrazine groups is 1. The molecule has 1 aromatic heterocycles. The van der Waals surface area contributed by atoms with Crippen molar-refractivity contribution >= 4 is 22.4 Å². The molecule has 18 heavy (non-hydrogen) atoms. The quantitative estimate of drug-likeness (QED) is 0.603. The molecule has 6 nitrogen and oxygen atoms in total. The Hall–Kier alpha value is -1.21. The number of hydrogen-bond donors (Lipinski definition) is 2. The molecular weight excluding hydrogens is 250 g/mol. The van der Waals surface area contributed by atoms with Crippen LogP contribution < -0.4 is 16.2 Å². The van der Waals surface area contributed by atoms with E-state index in [9.17, 15) is 4.21 Å². The summed E-state index contributed by atoms with van der Waals surface area (Å²) in [5.41, 5.74) is 3.68. The Kier molecular flexibility index (Phi) is 4.48. The zero-order chi connectivity index (χ0) is 13.0. The maximum Gasteiger partial charge on any atom is 0.148 e. The third kappa shape index (κ3) is 2.78. The van der Waals surface area contributed by atoms with Gasteiger partial charge in [-0.25, -0.2) is 15.8 Å². The van der Waals surface area contributed by atoms with E-state index in [1.807, 2.05) is 0 Å². The molecule has 2 rings (SSSR count). The van der Waals surface area contributed by atoms with Gasteiger partial charge in [-0.15, -0.1) is 0 Å². The fourth-order valence-electron chi connectivity index (χ4n) is 2.13. The zero-order valence-electron chi connectivity index (χ0n) is 10.6. The molecule has 0 saturated carbocycles. The van der Waals surface area contributed by atoms with Crippen molar-refractivity contribution in [1.29, 1.82) is 0 Å². The van der Waals surface area contributed by atoms with Crippen molar-refractivity contribution in [1.82, 2.24) is 9.97 Å². The first-order valence-electron chi connectivity index (χ1n) is 6.16. The highest BCUT2D eigenvalue weighted by Crippen LogP contribution is 2.25. The summed E-state index contributed by atoms with van der Waals surface area (Å²) in [5, 5.41) is 0. The molecule has 1 aromatic rings. The lowest BCUT2D eigenvalue weighted by Crippen LogP contribution is -2.39. The lowest BCUT2D eigenvalue weighted by Gasteiger charge is -2.29. The summed E-state index contributed by atoms with van der Waals surface area (Å²) in [4.78, 5) is 10.7. The maximum atomic E-state index is 11.4. The highest BCUT2D eigenvalue weighted by Gasteiger charge is 2.20. The number of nitrogens with one attached hydrogen (secondary N) is 1. The van der Waals surface area contributed by atoms with Crippen molar-refractivity contribution in [3.8, 4) is 0 Å². The predicted octanol–water partition coefficient (Wildman–Crippen LogP) is 0.283. The van der Waals surface area contributed by atoms with Gasteiger partial charge in [0.1, 0.15) is 18.0 Å². The standard InChI is InChI=1S/C11H19N5OS/c1-2-3-9-10(15-12)13-8-14-11(9)16-4-6-18(17)7-5-16/h8H,2-7,12H2,1H3,(H,13,14,15). The lowest BCUT2D eigenvalue weighted by atomic mass is 10.1. The number of aromatic nitrogens is 2. The second kappa shape index (κ2) is 6.10. The maximum absolute atomic E-state index is 11.4. The molecule has 1 aliphatic heterocycles. The highest BCUT2D eigenvalue weighted by atomic mass is 32.2. The van der Waals surface area contributed by atoms with Crippen molar-refractivity contribution in [3.05, 3.63) is 11.9 Å². The number of nitrogen functional groups attached to an aromatic ring is 1. The third-order valence-electron chi connectivity index (χ3n) is 3.04. The van der Waals surface area contributed by atoms with Crippen LogP contribution in [0.1, 0.15) is 18.9 Å². The summed E-state index contributed by atoms with van der Waals surface area (Å²) >= 11 is 0. The molecule has 2 heterocycles. The Labute approximate surface area is 109 Å². The van der Waals surface area contributed by atoms with Gasteiger partial charge in [0, 0.05) is 41.0 Å². The van der Waals surface area contributed by atoms with Crippen LogP contribution in [0.2, 0.25) is 0 Å². The van der Waals surface area contributed by atoms with Crippen LogP contribution in [-0.2, 0) is 17.2 Å². The molecule has 3 N–H and O–H groups in total. The van der Waals surface area contributed by atoms with Gasteiger partial charge in [0.05, 0.1) is 0 Å². The molecule has 0 radical (unpaired) electrons. The first-order valence-corrected chi connectivity index (χ1v) is 7.65. The normalized spacial score (nSPS) is 16.9. The van der Waals surface area contributed by atoms with Gasteiger partial charge in [-0.2, -0.15) is 0 Å². The third-order valence-corrected chi connectivity index (χ3v) is 4.31. The van der Waals surface area contributed by atoms with E-state index in [4.69, 9.17) is 5.84 Å². The molecule has 1 aliphatic rings. The molecule has 0 aromatic carbocycles. The van der Waals surface area contributed by atoms with E-state index in [1.54, 1.807) is 0 Å². The molecule has 0 unspecified atom stereocenters. The van der Waals surface area contributed by atoms with Gasteiger partial charge in [0.15, 0.2) is 0 Å². The number of hydrogen-bond acceptors (Lipinski definition) is 6. The molecule has 0 spiro atoms. The van der Waals surface area contributed by atoms with Gasteiger partial charge in [-0.1, -0.05) is 13.3 Å². The van der Waals surface area contributed by atoms with E-state index in [0.717, 1.165) is 37.3 Å². The van der Waals surface area contributed by atoms with Crippen molar-refractivity contribution in [2.45, 2.75) is 19.8 Å². The first-order chi connectivity index (χ1) is 8.76. The van der Waals surface area contributed by atoms with Crippen LogP contribution in [0, 0.1) is 0 Å². The van der Waals surface area contributed by atoms with Crippen LogP contribution in [0.25, 0.3) is 0 Å². The van der Waals surface area contributed by atoms with E-state index < -0.39 is 10.8 Å². The summed E-state index contributed by atoms with van der Waals surface area (Å²) in [6.45, 7) is 3.68. The minimum absolute atomic E-state index is 0.678. The van der Waals surface area contributed by atoms with Gasteiger partial charge in [-0.3, -0.25) is 4.21 Å². The number of nitrogens with two attached hydrogens (primary N) is 1. The van der Waals surface area contributed by atoms with Crippen molar-refractivity contribution < 1.29 is 4.21 Å². The van der Waals surface area contributed by atoms with E-state index in [1.165, 1.54) is 6.33 Å². The lowest BCUT2D eigenvalue weighted by molar-refractivity contribution is 0.671. The van der Waals surface area contributed by atoms with Crippen molar-refractivity contribution in [2.24, 2.45) is 5.84 Å². The van der Waals surface area contributed by atoms with Crippen LogP contribution in [-0.4, -0.2) is 38.8 Å². The number of anilines is 2. The topological polar surface area (TPSA) is 84.1 Å². The second-order valence-electron chi connectivity index (χ2n) is 4.25. The molecule has 0 amide bonds. The zero-order valence-corrected chi connectivity index (χ0v) is 11.4. The van der Waals surface area contributed by atoms with Gasteiger partial charge in [0.25, 0.3) is 0 Å². The Morgan fingerprint density at radius 3 is 2.78 bits per heavy atom. The largest absolute Gasteiger partial charge is 0.354 e. The summed E-state index contributed by atoms with van der Waals surface area (Å²) in [7, 11) is -0.678. The van der Waals surface area contributed by atoms with Crippen LogP contribution in [0.15, 0.2) is 6.33 Å². The highest BCUT2D eigenvalue weighted by molar-refractivity contribution is 7.85. The van der Waals surface area contributed by atoms with Crippen LogP contribution in [0.5, 0.6) is 0 Å². The summed E-state index contributed by atoms with van der Waals surface area (Å²) in [6, 6.07) is 0. The fourth-order valence-corrected chi connectivity index (χ4v) is 3.18. The Morgan fingerprint density at radius 2 is 2.17 bits per heavy atom. The van der Waals surface area contributed by atoms with Crippen LogP contribution >= 0.6 is 0 Å². The van der Waals surface area contributed by atoms with E-state index >= 15 is 0 Å². The average molecular weight is 269 g/mol. The molecule has 0 atom stereocenters. The van der Waals surface area contributed by atoms with E-state index in [2.05, 4.69) is 27.2 Å². The summed E-state index contributed by atoms with van der Waals surface area (Å²) in [5.74, 6) is 8.53. The van der Waals surface area contributed by atoms with Crippen molar-refractivity contribution in [3.63, 3.8) is 0 Å². The van der Waals surface area contributed by atoms with E-state index in [-0.39, 0.29) is 0 Å². The van der Waals surface area contributed by atoms with Crippen LogP contribution in [0.3, 0.4) is 0 Å². The minimum atomic E-state index is -0.678. The summed E-state index contributed by atoms with van der Waals surface area (Å²) < 4.78 is 11.4. The Bertz CT molecular complexity index is 429. The fraction of sp³-hybridized carbons (Fsp3) is 0.636. The molecule has 1 fully saturated rings. The molecule has 100 valence electrons.